The molecule has 250 valence electrons. The molecular formula is C39H31ClN4O4S2. The van der Waals surface area contributed by atoms with Crippen LogP contribution in [-0.4, -0.2) is 29.3 Å². The number of fused-ring (bicyclic) bond motifs is 1. The Morgan fingerprint density at radius 3 is 2.36 bits per heavy atom. The minimum Gasteiger partial charge on any atom is -0.494 e. The Labute approximate surface area is 302 Å². The third kappa shape index (κ3) is 8.78. The molecule has 0 saturated carbocycles. The number of carbonyl (C=O) groups excluding carboxylic acids is 3. The van der Waals surface area contributed by atoms with Crippen LogP contribution in [-0.2, 0) is 9.59 Å². The zero-order valence-corrected chi connectivity index (χ0v) is 29.1. The number of thioether (sulfide) groups is 1. The van der Waals surface area contributed by atoms with E-state index in [0.717, 1.165) is 26.4 Å². The summed E-state index contributed by atoms with van der Waals surface area (Å²) >= 11 is 9.10. The van der Waals surface area contributed by atoms with Gasteiger partial charge < -0.3 is 20.7 Å². The summed E-state index contributed by atoms with van der Waals surface area (Å²) in [5, 5.41) is 8.91. The molecule has 0 bridgehead atoms. The minimum atomic E-state index is -0.631. The van der Waals surface area contributed by atoms with E-state index < -0.39 is 17.1 Å². The summed E-state index contributed by atoms with van der Waals surface area (Å²) in [6, 6.07) is 38.0. The molecule has 0 saturated heterocycles. The van der Waals surface area contributed by atoms with Crippen LogP contribution in [0.3, 0.4) is 0 Å². The molecule has 0 aliphatic rings. The predicted molar refractivity (Wildman–Crippen MR) is 203 cm³/mol. The first-order valence-electron chi connectivity index (χ1n) is 15.7. The summed E-state index contributed by atoms with van der Waals surface area (Å²) in [6.07, 6.45) is 1.53. The third-order valence-corrected chi connectivity index (χ3v) is 9.85. The van der Waals surface area contributed by atoms with Crippen LogP contribution in [0.2, 0.25) is 5.02 Å². The lowest BCUT2D eigenvalue weighted by atomic mass is 10.1. The van der Waals surface area contributed by atoms with E-state index >= 15 is 0 Å². The topological polar surface area (TPSA) is 109 Å². The van der Waals surface area contributed by atoms with Crippen molar-refractivity contribution in [3.8, 4) is 5.75 Å². The van der Waals surface area contributed by atoms with Gasteiger partial charge in [0, 0.05) is 21.2 Å². The normalized spacial score (nSPS) is 11.8. The third-order valence-electron chi connectivity index (χ3n) is 7.32. The van der Waals surface area contributed by atoms with Gasteiger partial charge in [-0.1, -0.05) is 95.7 Å². The van der Waals surface area contributed by atoms with E-state index in [-0.39, 0.29) is 11.6 Å². The number of aromatic nitrogens is 1. The number of ether oxygens (including phenoxy) is 1. The molecule has 0 fully saturated rings. The Hall–Kier alpha value is -5.42. The molecule has 8 nitrogen and oxygen atoms in total. The number of amides is 3. The summed E-state index contributed by atoms with van der Waals surface area (Å²) in [4.78, 5) is 45.9. The molecule has 0 aliphatic heterocycles. The molecule has 50 heavy (non-hydrogen) atoms. The van der Waals surface area contributed by atoms with Crippen molar-refractivity contribution in [2.45, 2.75) is 17.1 Å². The number of carbonyl (C=O) groups is 3. The molecule has 1 aromatic heterocycles. The largest absolute Gasteiger partial charge is 0.494 e. The number of benzene rings is 5. The fraction of sp³-hybridized carbons (Fsp3) is 0.0769. The molecule has 0 spiro atoms. The van der Waals surface area contributed by atoms with E-state index in [0.29, 0.717) is 33.6 Å². The number of hydrogen-bond acceptors (Lipinski definition) is 7. The van der Waals surface area contributed by atoms with Gasteiger partial charge in [0.15, 0.2) is 5.13 Å². The standard InChI is InChI=1S/C39H31ClN4O4S2/c1-2-48-29-20-21-32-34(24-29)50-39(43-32)44-38(47)35(25-12-5-3-6-13-25)49-30-18-11-17-28(23-30)41-37(46)33(22-27-16-9-10-19-31(27)40)42-36(45)26-14-7-4-8-15-26/h3-24,35H,2H2,1H3,(H,41,46)(H,42,45)(H,43,44,47)/b33-22+. The highest BCUT2D eigenvalue weighted by Crippen LogP contribution is 2.38. The zero-order valence-electron chi connectivity index (χ0n) is 26.8. The van der Waals surface area contributed by atoms with Crippen molar-refractivity contribution in [3.05, 3.63) is 155 Å². The fourth-order valence-electron chi connectivity index (χ4n) is 4.96. The van der Waals surface area contributed by atoms with Crippen molar-refractivity contribution in [2.75, 3.05) is 17.2 Å². The minimum absolute atomic E-state index is 0.00996. The first-order valence-corrected chi connectivity index (χ1v) is 17.7. The first kappa shape index (κ1) is 34.4. The summed E-state index contributed by atoms with van der Waals surface area (Å²) in [5.74, 6) is -0.482. The van der Waals surface area contributed by atoms with E-state index in [1.165, 1.54) is 29.2 Å². The Balaban J connectivity index is 1.22. The maximum atomic E-state index is 13.8. The van der Waals surface area contributed by atoms with Crippen LogP contribution >= 0.6 is 34.7 Å². The molecule has 11 heteroatoms. The first-order chi connectivity index (χ1) is 24.4. The van der Waals surface area contributed by atoms with Gasteiger partial charge >= 0.3 is 0 Å². The van der Waals surface area contributed by atoms with Crippen molar-refractivity contribution < 1.29 is 19.1 Å². The molecule has 1 heterocycles. The van der Waals surface area contributed by atoms with E-state index in [1.807, 2.05) is 61.5 Å². The predicted octanol–water partition coefficient (Wildman–Crippen LogP) is 9.23. The van der Waals surface area contributed by atoms with Gasteiger partial charge in [0.25, 0.3) is 11.8 Å². The maximum absolute atomic E-state index is 13.8. The molecule has 1 unspecified atom stereocenters. The Morgan fingerprint density at radius 1 is 0.860 bits per heavy atom. The highest BCUT2D eigenvalue weighted by atomic mass is 35.5. The summed E-state index contributed by atoms with van der Waals surface area (Å²) in [7, 11) is 0. The number of nitrogens with one attached hydrogen (secondary N) is 3. The van der Waals surface area contributed by atoms with Crippen molar-refractivity contribution in [2.24, 2.45) is 0 Å². The highest BCUT2D eigenvalue weighted by molar-refractivity contribution is 8.00. The molecule has 5 aromatic carbocycles. The molecular weight excluding hydrogens is 688 g/mol. The lowest BCUT2D eigenvalue weighted by molar-refractivity contribution is -0.116. The maximum Gasteiger partial charge on any atom is 0.272 e. The van der Waals surface area contributed by atoms with Crippen LogP contribution in [0.15, 0.2) is 138 Å². The van der Waals surface area contributed by atoms with E-state index in [1.54, 1.807) is 72.8 Å². The fourth-order valence-corrected chi connectivity index (χ4v) is 7.13. The molecule has 0 radical (unpaired) electrons. The van der Waals surface area contributed by atoms with Gasteiger partial charge in [0.05, 0.1) is 16.8 Å². The second-order valence-electron chi connectivity index (χ2n) is 10.9. The van der Waals surface area contributed by atoms with Gasteiger partial charge in [0.2, 0.25) is 5.91 Å². The lowest BCUT2D eigenvalue weighted by Crippen LogP contribution is -2.30. The van der Waals surface area contributed by atoms with Crippen molar-refractivity contribution in [1.29, 1.82) is 0 Å². The second-order valence-corrected chi connectivity index (χ2v) is 13.5. The summed E-state index contributed by atoms with van der Waals surface area (Å²) < 4.78 is 6.52. The van der Waals surface area contributed by atoms with Crippen molar-refractivity contribution in [1.82, 2.24) is 10.3 Å². The quantitative estimate of drug-likeness (QED) is 0.0860. The van der Waals surface area contributed by atoms with Crippen molar-refractivity contribution in [3.63, 3.8) is 0 Å². The average Bonchev–Trinajstić information content (AvgIpc) is 3.53. The SMILES string of the molecule is CCOc1ccc2nc(NC(=O)C(Sc3cccc(NC(=O)/C(=C\c4ccccc4Cl)NC(=O)c4ccccc4)c3)c3ccccc3)sc2c1. The summed E-state index contributed by atoms with van der Waals surface area (Å²) in [6.45, 7) is 2.48. The molecule has 3 N–H and O–H groups in total. The number of rotatable bonds is 12. The van der Waals surface area contributed by atoms with Gasteiger partial charge in [-0.3, -0.25) is 14.4 Å². The van der Waals surface area contributed by atoms with Gasteiger partial charge in [-0.15, -0.1) is 11.8 Å². The monoisotopic (exact) mass is 718 g/mol. The van der Waals surface area contributed by atoms with Crippen LogP contribution in [0.25, 0.3) is 16.3 Å². The molecule has 3 amide bonds. The second kappa shape index (κ2) is 16.3. The molecule has 0 aliphatic carbocycles. The number of anilines is 2. The summed E-state index contributed by atoms with van der Waals surface area (Å²) in [5.41, 5.74) is 3.02. The van der Waals surface area contributed by atoms with Crippen LogP contribution < -0.4 is 20.7 Å². The number of thiazole rings is 1. The van der Waals surface area contributed by atoms with E-state index in [2.05, 4.69) is 20.9 Å². The average molecular weight is 719 g/mol. The van der Waals surface area contributed by atoms with Crippen LogP contribution in [0.5, 0.6) is 5.75 Å². The van der Waals surface area contributed by atoms with E-state index in [4.69, 9.17) is 16.3 Å². The molecule has 6 aromatic rings. The van der Waals surface area contributed by atoms with Crippen molar-refractivity contribution >= 4 is 79.5 Å². The van der Waals surface area contributed by atoms with Gasteiger partial charge in [-0.2, -0.15) is 0 Å². The smallest absolute Gasteiger partial charge is 0.272 e. The van der Waals surface area contributed by atoms with Crippen LogP contribution in [0, 0.1) is 0 Å². The molecule has 6 rings (SSSR count). The number of nitrogens with zero attached hydrogens (tertiary/aromatic N) is 1. The Kier molecular flexibility index (Phi) is 11.2. The Morgan fingerprint density at radius 2 is 1.60 bits per heavy atom. The highest BCUT2D eigenvalue weighted by Gasteiger charge is 2.24. The van der Waals surface area contributed by atoms with Gasteiger partial charge in [-0.05, 0) is 78.7 Å². The van der Waals surface area contributed by atoms with Gasteiger partial charge in [0.1, 0.15) is 16.7 Å². The molecule has 1 atom stereocenters. The Bertz CT molecular complexity index is 2170. The van der Waals surface area contributed by atoms with Gasteiger partial charge in [-0.25, -0.2) is 4.98 Å². The number of halogens is 1. The van der Waals surface area contributed by atoms with Crippen LogP contribution in [0.4, 0.5) is 10.8 Å². The lowest BCUT2D eigenvalue weighted by Gasteiger charge is -2.17. The zero-order chi connectivity index (χ0) is 34.9. The number of hydrogen-bond donors (Lipinski definition) is 3. The van der Waals surface area contributed by atoms with Crippen LogP contribution in [0.1, 0.15) is 33.7 Å². The van der Waals surface area contributed by atoms with E-state index in [9.17, 15) is 14.4 Å².